The van der Waals surface area contributed by atoms with Crippen LogP contribution in [0.5, 0.6) is 5.75 Å². The minimum atomic E-state index is -3.73. The van der Waals surface area contributed by atoms with Crippen LogP contribution in [0, 0.1) is 0 Å². The van der Waals surface area contributed by atoms with Gasteiger partial charge in [0.15, 0.2) is 0 Å². The van der Waals surface area contributed by atoms with Crippen LogP contribution in [-0.4, -0.2) is 21.4 Å². The van der Waals surface area contributed by atoms with Gasteiger partial charge < -0.3 is 14.5 Å². The van der Waals surface area contributed by atoms with Crippen LogP contribution in [0.4, 0.5) is 0 Å². The maximum atomic E-state index is 12.5. The average molecular weight is 414 g/mol. The normalized spacial score (nSPS) is 12.3. The van der Waals surface area contributed by atoms with Gasteiger partial charge in [-0.1, -0.05) is 24.3 Å². The van der Waals surface area contributed by atoms with Gasteiger partial charge in [0.05, 0.1) is 19.4 Å². The topological polar surface area (TPSA) is 97.6 Å². The fourth-order valence-electron chi connectivity index (χ4n) is 2.76. The molecule has 3 aromatic rings. The summed E-state index contributed by atoms with van der Waals surface area (Å²) in [7, 11) is -2.31. The number of ether oxygens (including phenoxy) is 1. The first-order valence-corrected chi connectivity index (χ1v) is 10.4. The molecule has 1 amide bonds. The number of sulfonamides is 1. The fraction of sp³-hybridized carbons (Fsp3) is 0.190. The second-order valence-electron chi connectivity index (χ2n) is 6.38. The van der Waals surface area contributed by atoms with Gasteiger partial charge in [0.2, 0.25) is 10.0 Å². The minimum Gasteiger partial charge on any atom is -0.495 e. The molecule has 0 unspecified atom stereocenters. The summed E-state index contributed by atoms with van der Waals surface area (Å²) >= 11 is 0. The molecule has 0 radical (unpaired) electrons. The molecule has 152 valence electrons. The quantitative estimate of drug-likeness (QED) is 0.590. The third kappa shape index (κ3) is 5.04. The van der Waals surface area contributed by atoms with E-state index >= 15 is 0 Å². The Kier molecular flexibility index (Phi) is 6.36. The first-order valence-electron chi connectivity index (χ1n) is 8.96. The summed E-state index contributed by atoms with van der Waals surface area (Å²) in [6.45, 7) is 1.92. The molecule has 2 aromatic carbocycles. The standard InChI is InChI=1S/C21H22N2O5S/c1-15(18-7-5-13-28-18)23-21(24)17-11-9-16(10-12-17)14-22-29(25,26)20-8-4-3-6-19(20)27-2/h3-13,15,22H,14H2,1-2H3,(H,23,24)/t15-/m0/s1. The van der Waals surface area contributed by atoms with Crippen LogP contribution >= 0.6 is 0 Å². The molecule has 1 aromatic heterocycles. The lowest BCUT2D eigenvalue weighted by molar-refractivity contribution is 0.0935. The molecule has 0 aliphatic carbocycles. The fourth-order valence-corrected chi connectivity index (χ4v) is 3.95. The molecule has 0 spiro atoms. The van der Waals surface area contributed by atoms with E-state index in [0.29, 0.717) is 11.3 Å². The Hall–Kier alpha value is -3.10. The summed E-state index contributed by atoms with van der Waals surface area (Å²) in [5.74, 6) is 0.702. The van der Waals surface area contributed by atoms with Crippen LogP contribution in [0.2, 0.25) is 0 Å². The molecule has 0 aliphatic heterocycles. The van der Waals surface area contributed by atoms with Crippen LogP contribution < -0.4 is 14.8 Å². The summed E-state index contributed by atoms with van der Waals surface area (Å²) in [4.78, 5) is 12.4. The van der Waals surface area contributed by atoms with E-state index in [1.54, 1.807) is 60.9 Å². The predicted molar refractivity (Wildman–Crippen MR) is 108 cm³/mol. The van der Waals surface area contributed by atoms with Crippen molar-refractivity contribution in [3.05, 3.63) is 83.8 Å². The number of rotatable bonds is 8. The van der Waals surface area contributed by atoms with Gasteiger partial charge in [0.25, 0.3) is 5.91 Å². The van der Waals surface area contributed by atoms with Crippen LogP contribution in [-0.2, 0) is 16.6 Å². The smallest absolute Gasteiger partial charge is 0.251 e. The molecule has 2 N–H and O–H groups in total. The first-order chi connectivity index (χ1) is 13.9. The number of hydrogen-bond acceptors (Lipinski definition) is 5. The van der Waals surface area contributed by atoms with Gasteiger partial charge in [-0.2, -0.15) is 0 Å². The summed E-state index contributed by atoms with van der Waals surface area (Å²) in [5.41, 5.74) is 1.19. The summed E-state index contributed by atoms with van der Waals surface area (Å²) in [5, 5.41) is 2.85. The van der Waals surface area contributed by atoms with Gasteiger partial charge in [-0.05, 0) is 48.9 Å². The molecule has 0 saturated carbocycles. The Balaban J connectivity index is 1.62. The van der Waals surface area contributed by atoms with E-state index in [9.17, 15) is 13.2 Å². The molecule has 29 heavy (non-hydrogen) atoms. The van der Waals surface area contributed by atoms with Gasteiger partial charge in [-0.3, -0.25) is 4.79 Å². The van der Waals surface area contributed by atoms with Gasteiger partial charge in [-0.15, -0.1) is 0 Å². The van der Waals surface area contributed by atoms with E-state index < -0.39 is 10.0 Å². The zero-order chi connectivity index (χ0) is 20.9. The van der Waals surface area contributed by atoms with Crippen molar-refractivity contribution in [2.75, 3.05) is 7.11 Å². The van der Waals surface area contributed by atoms with Crippen molar-refractivity contribution in [2.24, 2.45) is 0 Å². The second kappa shape index (κ2) is 8.93. The van der Waals surface area contributed by atoms with Crippen LogP contribution in [0.15, 0.2) is 76.2 Å². The number of carbonyl (C=O) groups is 1. The summed E-state index contributed by atoms with van der Waals surface area (Å²) in [6.07, 6.45) is 1.55. The molecule has 0 saturated heterocycles. The predicted octanol–water partition coefficient (Wildman–Crippen LogP) is 3.26. The zero-order valence-corrected chi connectivity index (χ0v) is 16.9. The summed E-state index contributed by atoms with van der Waals surface area (Å²) < 4.78 is 38.0. The molecule has 1 heterocycles. The number of carbonyl (C=O) groups excluding carboxylic acids is 1. The molecule has 0 aliphatic rings. The number of para-hydroxylation sites is 1. The lowest BCUT2D eigenvalue weighted by Gasteiger charge is -2.12. The van der Waals surface area contributed by atoms with Crippen LogP contribution in [0.1, 0.15) is 34.6 Å². The third-order valence-corrected chi connectivity index (χ3v) is 5.80. The molecular weight excluding hydrogens is 392 g/mol. The minimum absolute atomic E-state index is 0.0745. The number of benzene rings is 2. The monoisotopic (exact) mass is 414 g/mol. The second-order valence-corrected chi connectivity index (χ2v) is 8.12. The number of furan rings is 1. The van der Waals surface area contributed by atoms with Crippen molar-refractivity contribution in [3.8, 4) is 5.75 Å². The zero-order valence-electron chi connectivity index (χ0n) is 16.1. The molecule has 0 fully saturated rings. The highest BCUT2D eigenvalue weighted by Crippen LogP contribution is 2.22. The van der Waals surface area contributed by atoms with Gasteiger partial charge in [0, 0.05) is 12.1 Å². The van der Waals surface area contributed by atoms with Crippen molar-refractivity contribution in [2.45, 2.75) is 24.4 Å². The van der Waals surface area contributed by atoms with Crippen molar-refractivity contribution in [1.29, 1.82) is 0 Å². The first kappa shape index (κ1) is 20.6. The molecule has 8 heteroatoms. The van der Waals surface area contributed by atoms with Crippen molar-refractivity contribution < 1.29 is 22.4 Å². The largest absolute Gasteiger partial charge is 0.495 e. The van der Waals surface area contributed by atoms with E-state index in [2.05, 4.69) is 10.0 Å². The maximum absolute atomic E-state index is 12.5. The van der Waals surface area contributed by atoms with Crippen LogP contribution in [0.25, 0.3) is 0 Å². The van der Waals surface area contributed by atoms with E-state index in [0.717, 1.165) is 5.56 Å². The Morgan fingerprint density at radius 3 is 2.45 bits per heavy atom. The van der Waals surface area contributed by atoms with E-state index in [1.807, 2.05) is 6.92 Å². The number of methoxy groups -OCH3 is 1. The molecule has 7 nitrogen and oxygen atoms in total. The Morgan fingerprint density at radius 2 is 1.79 bits per heavy atom. The van der Waals surface area contributed by atoms with Crippen molar-refractivity contribution in [3.63, 3.8) is 0 Å². The van der Waals surface area contributed by atoms with Crippen LogP contribution in [0.3, 0.4) is 0 Å². The van der Waals surface area contributed by atoms with Gasteiger partial charge >= 0.3 is 0 Å². The number of amides is 1. The lowest BCUT2D eigenvalue weighted by atomic mass is 10.1. The van der Waals surface area contributed by atoms with E-state index in [-0.39, 0.29) is 29.1 Å². The Labute approximate surface area is 169 Å². The average Bonchev–Trinajstić information content (AvgIpc) is 3.28. The molecule has 3 rings (SSSR count). The molecular formula is C21H22N2O5S. The Morgan fingerprint density at radius 1 is 1.07 bits per heavy atom. The lowest BCUT2D eigenvalue weighted by Crippen LogP contribution is -2.26. The van der Waals surface area contributed by atoms with Gasteiger partial charge in [-0.25, -0.2) is 13.1 Å². The molecule has 0 bridgehead atoms. The van der Waals surface area contributed by atoms with Crippen molar-refractivity contribution in [1.82, 2.24) is 10.0 Å². The maximum Gasteiger partial charge on any atom is 0.251 e. The van der Waals surface area contributed by atoms with Gasteiger partial charge in [0.1, 0.15) is 16.4 Å². The Bertz CT molecular complexity index is 1060. The van der Waals surface area contributed by atoms with E-state index in [1.165, 1.54) is 13.2 Å². The number of nitrogens with one attached hydrogen (secondary N) is 2. The number of hydrogen-bond donors (Lipinski definition) is 2. The highest BCUT2D eigenvalue weighted by atomic mass is 32.2. The molecule has 1 atom stereocenters. The third-order valence-electron chi connectivity index (χ3n) is 4.36. The van der Waals surface area contributed by atoms with E-state index in [4.69, 9.17) is 9.15 Å². The summed E-state index contributed by atoms with van der Waals surface area (Å²) in [6, 6.07) is 16.4. The highest BCUT2D eigenvalue weighted by molar-refractivity contribution is 7.89. The van der Waals surface area contributed by atoms with Crippen molar-refractivity contribution >= 4 is 15.9 Å². The highest BCUT2D eigenvalue weighted by Gasteiger charge is 2.19. The SMILES string of the molecule is COc1ccccc1S(=O)(=O)NCc1ccc(C(=O)N[C@@H](C)c2ccco2)cc1.